The summed E-state index contributed by atoms with van der Waals surface area (Å²) in [6.45, 7) is 8.82. The van der Waals surface area contributed by atoms with Crippen LogP contribution in [0.4, 0.5) is 0 Å². The maximum Gasteiger partial charge on any atom is 0.240 e. The van der Waals surface area contributed by atoms with E-state index in [1.165, 1.54) is 0 Å². The normalized spacial score (nSPS) is 11.8. The van der Waals surface area contributed by atoms with Crippen molar-refractivity contribution in [1.82, 2.24) is 14.5 Å². The predicted molar refractivity (Wildman–Crippen MR) is 87.4 cm³/mol. The Morgan fingerprint density at radius 2 is 1.86 bits per heavy atom. The predicted octanol–water partition coefficient (Wildman–Crippen LogP) is 2.49. The van der Waals surface area contributed by atoms with Gasteiger partial charge in [0.1, 0.15) is 0 Å². The van der Waals surface area contributed by atoms with Crippen molar-refractivity contribution < 1.29 is 8.42 Å². The summed E-state index contributed by atoms with van der Waals surface area (Å²) in [6.07, 6.45) is 0.700. The molecule has 1 N–H and O–H groups in total. The van der Waals surface area contributed by atoms with E-state index in [4.69, 9.17) is 0 Å². The maximum atomic E-state index is 12.3. The lowest BCUT2D eigenvalue weighted by Crippen LogP contribution is -2.26. The molecule has 22 heavy (non-hydrogen) atoms. The fraction of sp³-hybridized carbons (Fsp3) is 0.438. The Balaban J connectivity index is 1.94. The van der Waals surface area contributed by atoms with E-state index < -0.39 is 10.0 Å². The lowest BCUT2D eigenvalue weighted by molar-refractivity contribution is 0.544. The van der Waals surface area contributed by atoms with Gasteiger partial charge in [-0.1, -0.05) is 17.7 Å². The molecule has 120 valence electrons. The number of nitrogens with one attached hydrogen (secondary N) is 1. The topological polar surface area (TPSA) is 64.0 Å². The van der Waals surface area contributed by atoms with E-state index in [-0.39, 0.29) is 0 Å². The molecule has 1 aromatic heterocycles. The van der Waals surface area contributed by atoms with Gasteiger partial charge < -0.3 is 0 Å². The van der Waals surface area contributed by atoms with Crippen molar-refractivity contribution in [3.05, 3.63) is 46.8 Å². The molecule has 0 saturated heterocycles. The molecular formula is C16H23N3O2S. The van der Waals surface area contributed by atoms with Gasteiger partial charge in [-0.2, -0.15) is 5.10 Å². The highest BCUT2D eigenvalue weighted by molar-refractivity contribution is 7.89. The molecule has 5 nitrogen and oxygen atoms in total. The molecule has 0 atom stereocenters. The van der Waals surface area contributed by atoms with Crippen molar-refractivity contribution >= 4 is 10.0 Å². The Labute approximate surface area is 132 Å². The van der Waals surface area contributed by atoms with E-state index in [0.29, 0.717) is 24.4 Å². The number of nitrogens with zero attached hydrogens (tertiary/aromatic N) is 2. The summed E-state index contributed by atoms with van der Waals surface area (Å²) < 4.78 is 29.2. The van der Waals surface area contributed by atoms with Crippen LogP contribution >= 0.6 is 0 Å². The fourth-order valence-electron chi connectivity index (χ4n) is 2.52. The van der Waals surface area contributed by atoms with Gasteiger partial charge in [-0.3, -0.25) is 4.68 Å². The number of hydrogen-bond donors (Lipinski definition) is 1. The summed E-state index contributed by atoms with van der Waals surface area (Å²) in [7, 11) is -3.45. The highest BCUT2D eigenvalue weighted by Crippen LogP contribution is 2.16. The van der Waals surface area contributed by atoms with Crippen molar-refractivity contribution in [3.8, 4) is 0 Å². The van der Waals surface area contributed by atoms with Crippen molar-refractivity contribution in [2.75, 3.05) is 6.54 Å². The van der Waals surface area contributed by atoms with Crippen LogP contribution in [-0.4, -0.2) is 24.7 Å². The Kier molecular flexibility index (Phi) is 5.03. The highest BCUT2D eigenvalue weighted by Gasteiger charge is 2.15. The van der Waals surface area contributed by atoms with Gasteiger partial charge >= 0.3 is 0 Å². The number of sulfonamides is 1. The zero-order chi connectivity index (χ0) is 16.3. The molecule has 6 heteroatoms. The lowest BCUT2D eigenvalue weighted by atomic mass is 10.2. The van der Waals surface area contributed by atoms with Crippen molar-refractivity contribution in [3.63, 3.8) is 0 Å². The first-order valence-electron chi connectivity index (χ1n) is 7.37. The molecule has 0 aliphatic heterocycles. The second-order valence-electron chi connectivity index (χ2n) is 5.67. The number of benzene rings is 1. The van der Waals surface area contributed by atoms with Gasteiger partial charge in [0.15, 0.2) is 0 Å². The zero-order valence-electron chi connectivity index (χ0n) is 13.5. The van der Waals surface area contributed by atoms with Gasteiger partial charge in [-0.05, 0) is 51.8 Å². The second-order valence-corrected chi connectivity index (χ2v) is 7.41. The Morgan fingerprint density at radius 3 is 2.45 bits per heavy atom. The van der Waals surface area contributed by atoms with E-state index in [2.05, 4.69) is 9.82 Å². The molecular weight excluding hydrogens is 298 g/mol. The standard InChI is InChI=1S/C16H23N3O2S/c1-12-6-7-16(13(2)10-12)22(20,21)17-8-5-9-19-15(4)11-14(3)18-19/h6-7,10-11,17H,5,8-9H2,1-4H3. The van der Waals surface area contributed by atoms with Crippen LogP contribution in [0.2, 0.25) is 0 Å². The number of rotatable bonds is 6. The largest absolute Gasteiger partial charge is 0.270 e. The third-order valence-corrected chi connectivity index (χ3v) is 5.18. The lowest BCUT2D eigenvalue weighted by Gasteiger charge is -2.10. The number of aryl methyl sites for hydroxylation is 5. The smallest absolute Gasteiger partial charge is 0.240 e. The van der Waals surface area contributed by atoms with Crippen LogP contribution in [-0.2, 0) is 16.6 Å². The summed E-state index contributed by atoms with van der Waals surface area (Å²) in [4.78, 5) is 0.351. The van der Waals surface area contributed by atoms with E-state index in [1.54, 1.807) is 6.07 Å². The molecule has 0 radical (unpaired) electrons. The first-order valence-corrected chi connectivity index (χ1v) is 8.86. The Hall–Kier alpha value is -1.66. The van der Waals surface area contributed by atoms with Crippen LogP contribution in [0.3, 0.4) is 0 Å². The molecule has 0 aliphatic carbocycles. The minimum Gasteiger partial charge on any atom is -0.270 e. The molecule has 0 amide bonds. The van der Waals surface area contributed by atoms with Gasteiger partial charge in [-0.25, -0.2) is 13.1 Å². The summed E-state index contributed by atoms with van der Waals surface area (Å²) in [5.74, 6) is 0. The molecule has 1 heterocycles. The minimum atomic E-state index is -3.45. The monoisotopic (exact) mass is 321 g/mol. The minimum absolute atomic E-state index is 0.351. The zero-order valence-corrected chi connectivity index (χ0v) is 14.4. The SMILES string of the molecule is Cc1ccc(S(=O)(=O)NCCCn2nc(C)cc2C)c(C)c1. The van der Waals surface area contributed by atoms with E-state index in [9.17, 15) is 8.42 Å². The molecule has 0 saturated carbocycles. The van der Waals surface area contributed by atoms with Crippen molar-refractivity contribution in [2.24, 2.45) is 0 Å². The van der Waals surface area contributed by atoms with Gasteiger partial charge in [0.25, 0.3) is 0 Å². The maximum absolute atomic E-state index is 12.3. The first kappa shape index (κ1) is 16.7. The van der Waals surface area contributed by atoms with Gasteiger partial charge in [0, 0.05) is 18.8 Å². The summed E-state index contributed by atoms with van der Waals surface area (Å²) >= 11 is 0. The molecule has 1 aromatic carbocycles. The molecule has 2 aromatic rings. The van der Waals surface area contributed by atoms with Crippen LogP contribution < -0.4 is 4.72 Å². The summed E-state index contributed by atoms with van der Waals surface area (Å²) in [5, 5.41) is 4.37. The first-order chi connectivity index (χ1) is 10.3. The van der Waals surface area contributed by atoms with Gasteiger partial charge in [0.2, 0.25) is 10.0 Å². The molecule has 0 unspecified atom stereocenters. The van der Waals surface area contributed by atoms with Gasteiger partial charge in [-0.15, -0.1) is 0 Å². The average Bonchev–Trinajstić information content (AvgIpc) is 2.72. The van der Waals surface area contributed by atoms with E-state index >= 15 is 0 Å². The molecule has 0 fully saturated rings. The highest BCUT2D eigenvalue weighted by atomic mass is 32.2. The summed E-state index contributed by atoms with van der Waals surface area (Å²) in [6, 6.07) is 7.37. The van der Waals surface area contributed by atoms with Crippen LogP contribution in [0.5, 0.6) is 0 Å². The molecule has 0 bridgehead atoms. The number of aromatic nitrogens is 2. The fourth-order valence-corrected chi connectivity index (χ4v) is 3.81. The van der Waals surface area contributed by atoms with Crippen LogP contribution in [0.15, 0.2) is 29.2 Å². The van der Waals surface area contributed by atoms with Crippen LogP contribution in [0, 0.1) is 27.7 Å². The Bertz CT molecular complexity index is 764. The third kappa shape index (κ3) is 3.96. The third-order valence-electron chi connectivity index (χ3n) is 3.56. The molecule has 0 aliphatic rings. The van der Waals surface area contributed by atoms with E-state index in [1.807, 2.05) is 50.6 Å². The quantitative estimate of drug-likeness (QED) is 0.831. The molecule has 2 rings (SSSR count). The Morgan fingerprint density at radius 1 is 1.14 bits per heavy atom. The molecule has 0 spiro atoms. The van der Waals surface area contributed by atoms with Crippen LogP contribution in [0.25, 0.3) is 0 Å². The van der Waals surface area contributed by atoms with Crippen molar-refractivity contribution in [1.29, 1.82) is 0 Å². The second kappa shape index (κ2) is 6.62. The van der Waals surface area contributed by atoms with Crippen LogP contribution in [0.1, 0.15) is 28.9 Å². The number of hydrogen-bond acceptors (Lipinski definition) is 3. The van der Waals surface area contributed by atoms with Crippen molar-refractivity contribution in [2.45, 2.75) is 45.6 Å². The van der Waals surface area contributed by atoms with E-state index in [0.717, 1.165) is 22.5 Å². The summed E-state index contributed by atoms with van der Waals surface area (Å²) in [5.41, 5.74) is 3.90. The van der Waals surface area contributed by atoms with Gasteiger partial charge in [0.05, 0.1) is 10.6 Å². The average molecular weight is 321 g/mol.